The molecular weight excluding hydrogens is 405 g/mol. The Bertz CT molecular complexity index is 811. The predicted octanol–water partition coefficient (Wildman–Crippen LogP) is 2.89. The molecule has 0 aliphatic rings. The van der Waals surface area contributed by atoms with Crippen molar-refractivity contribution in [2.75, 3.05) is 5.32 Å². The first-order valence-electron chi connectivity index (χ1n) is 7.00. The van der Waals surface area contributed by atoms with Gasteiger partial charge in [0.1, 0.15) is 6.54 Å². The molecule has 0 unspecified atom stereocenters. The second kappa shape index (κ2) is 6.86. The van der Waals surface area contributed by atoms with E-state index >= 15 is 0 Å². The summed E-state index contributed by atoms with van der Waals surface area (Å²) in [4.78, 5) is 13.3. The summed E-state index contributed by atoms with van der Waals surface area (Å²) in [6.45, 7) is 2.04. The minimum absolute atomic E-state index is 0.0187. The lowest BCUT2D eigenvalue weighted by atomic mass is 10.1. The van der Waals surface area contributed by atoms with Gasteiger partial charge in [0.05, 0.1) is 0 Å². The molecule has 0 atom stereocenters. The third-order valence-electron chi connectivity index (χ3n) is 3.18. The maximum absolute atomic E-state index is 12.0. The SMILES string of the molecule is Cc1ccc(-c2nnn(CC(=O)Nc3ccc(I)cc3)n2)cc1. The van der Waals surface area contributed by atoms with E-state index in [0.717, 1.165) is 20.4 Å². The van der Waals surface area contributed by atoms with Crippen molar-refractivity contribution in [3.05, 3.63) is 57.7 Å². The number of nitrogens with zero attached hydrogens (tertiary/aromatic N) is 4. The Balaban J connectivity index is 1.65. The Morgan fingerprint density at radius 2 is 1.83 bits per heavy atom. The van der Waals surface area contributed by atoms with Crippen LogP contribution in [0.15, 0.2) is 48.5 Å². The molecule has 0 aliphatic carbocycles. The molecule has 0 radical (unpaired) electrons. The lowest BCUT2D eigenvalue weighted by molar-refractivity contribution is -0.117. The molecule has 0 aliphatic heterocycles. The van der Waals surface area contributed by atoms with Gasteiger partial charge in [-0.2, -0.15) is 4.80 Å². The molecule has 2 aromatic carbocycles. The number of rotatable bonds is 4. The summed E-state index contributed by atoms with van der Waals surface area (Å²) >= 11 is 2.21. The first-order chi connectivity index (χ1) is 11.1. The van der Waals surface area contributed by atoms with Crippen LogP contribution in [0.2, 0.25) is 0 Å². The Morgan fingerprint density at radius 1 is 1.13 bits per heavy atom. The van der Waals surface area contributed by atoms with Crippen molar-refractivity contribution < 1.29 is 4.79 Å². The fourth-order valence-corrected chi connectivity index (χ4v) is 2.35. The Hall–Kier alpha value is -2.29. The van der Waals surface area contributed by atoms with Crippen molar-refractivity contribution in [3.63, 3.8) is 0 Å². The van der Waals surface area contributed by atoms with Crippen LogP contribution >= 0.6 is 22.6 Å². The Kier molecular flexibility index (Phi) is 4.65. The van der Waals surface area contributed by atoms with E-state index in [4.69, 9.17) is 0 Å². The number of nitrogens with one attached hydrogen (secondary N) is 1. The lowest BCUT2D eigenvalue weighted by Gasteiger charge is -2.04. The Labute approximate surface area is 147 Å². The van der Waals surface area contributed by atoms with E-state index in [2.05, 4.69) is 43.3 Å². The molecule has 1 heterocycles. The van der Waals surface area contributed by atoms with Gasteiger partial charge in [0, 0.05) is 14.8 Å². The van der Waals surface area contributed by atoms with Crippen molar-refractivity contribution in [3.8, 4) is 11.4 Å². The van der Waals surface area contributed by atoms with E-state index in [-0.39, 0.29) is 12.5 Å². The molecule has 0 bridgehead atoms. The van der Waals surface area contributed by atoms with Crippen LogP contribution in [0.5, 0.6) is 0 Å². The Morgan fingerprint density at radius 3 is 2.52 bits per heavy atom. The molecule has 1 N–H and O–H groups in total. The maximum atomic E-state index is 12.0. The summed E-state index contributed by atoms with van der Waals surface area (Å²) < 4.78 is 1.11. The van der Waals surface area contributed by atoms with Gasteiger partial charge in [0.15, 0.2) is 0 Å². The predicted molar refractivity (Wildman–Crippen MR) is 95.8 cm³/mol. The number of tetrazole rings is 1. The summed E-state index contributed by atoms with van der Waals surface area (Å²) in [5.74, 6) is 0.311. The number of aryl methyl sites for hydroxylation is 1. The minimum atomic E-state index is -0.195. The van der Waals surface area contributed by atoms with Crippen LogP contribution in [0.4, 0.5) is 5.69 Å². The first-order valence-corrected chi connectivity index (χ1v) is 8.08. The van der Waals surface area contributed by atoms with Crippen LogP contribution in [0.25, 0.3) is 11.4 Å². The molecule has 3 rings (SSSR count). The fourth-order valence-electron chi connectivity index (χ4n) is 1.99. The number of halogens is 1. The van der Waals surface area contributed by atoms with Crippen LogP contribution in [-0.4, -0.2) is 26.1 Å². The van der Waals surface area contributed by atoms with Gasteiger partial charge in [-0.1, -0.05) is 29.8 Å². The monoisotopic (exact) mass is 419 g/mol. The summed E-state index contributed by atoms with van der Waals surface area (Å²) in [7, 11) is 0. The van der Waals surface area contributed by atoms with Crippen molar-refractivity contribution in [2.45, 2.75) is 13.5 Å². The number of hydrogen-bond donors (Lipinski definition) is 1. The number of aromatic nitrogens is 4. The molecule has 7 heteroatoms. The van der Waals surface area contributed by atoms with E-state index in [1.54, 1.807) is 0 Å². The van der Waals surface area contributed by atoms with Crippen molar-refractivity contribution in [1.82, 2.24) is 20.2 Å². The highest BCUT2D eigenvalue weighted by Gasteiger charge is 2.09. The number of amides is 1. The molecule has 0 saturated carbocycles. The van der Waals surface area contributed by atoms with Crippen molar-refractivity contribution in [2.24, 2.45) is 0 Å². The highest BCUT2D eigenvalue weighted by molar-refractivity contribution is 14.1. The van der Waals surface area contributed by atoms with E-state index in [9.17, 15) is 4.79 Å². The molecule has 1 aromatic heterocycles. The van der Waals surface area contributed by atoms with Crippen LogP contribution < -0.4 is 5.32 Å². The average molecular weight is 419 g/mol. The zero-order valence-corrected chi connectivity index (χ0v) is 14.6. The molecule has 116 valence electrons. The minimum Gasteiger partial charge on any atom is -0.324 e. The average Bonchev–Trinajstić information content (AvgIpc) is 2.98. The van der Waals surface area contributed by atoms with Gasteiger partial charge in [0.2, 0.25) is 11.7 Å². The van der Waals surface area contributed by atoms with Crippen LogP contribution in [0, 0.1) is 10.5 Å². The summed E-state index contributed by atoms with van der Waals surface area (Å²) in [5, 5.41) is 15.0. The quantitative estimate of drug-likeness (QED) is 0.661. The van der Waals surface area contributed by atoms with E-state index in [1.165, 1.54) is 4.80 Å². The molecule has 0 saturated heterocycles. The zero-order chi connectivity index (χ0) is 16.2. The third-order valence-corrected chi connectivity index (χ3v) is 3.89. The van der Waals surface area contributed by atoms with Crippen LogP contribution in [0.3, 0.4) is 0 Å². The number of carbonyl (C=O) groups excluding carboxylic acids is 1. The van der Waals surface area contributed by atoms with E-state index in [1.807, 2.05) is 55.5 Å². The summed E-state index contributed by atoms with van der Waals surface area (Å²) in [6, 6.07) is 15.4. The molecular formula is C16H14IN5O. The number of benzene rings is 2. The van der Waals surface area contributed by atoms with Crippen molar-refractivity contribution in [1.29, 1.82) is 0 Å². The lowest BCUT2D eigenvalue weighted by Crippen LogP contribution is -2.20. The highest BCUT2D eigenvalue weighted by atomic mass is 127. The van der Waals surface area contributed by atoms with Gasteiger partial charge >= 0.3 is 0 Å². The first kappa shape index (κ1) is 15.6. The largest absolute Gasteiger partial charge is 0.324 e. The number of hydrogen-bond acceptors (Lipinski definition) is 4. The summed E-state index contributed by atoms with van der Waals surface area (Å²) in [5.41, 5.74) is 2.78. The van der Waals surface area contributed by atoms with Crippen molar-refractivity contribution >= 4 is 34.2 Å². The summed E-state index contributed by atoms with van der Waals surface area (Å²) in [6.07, 6.45) is 0. The van der Waals surface area contributed by atoms with Gasteiger partial charge in [0.25, 0.3) is 0 Å². The second-order valence-corrected chi connectivity index (χ2v) is 6.31. The highest BCUT2D eigenvalue weighted by Crippen LogP contribution is 2.14. The fraction of sp³-hybridized carbons (Fsp3) is 0.125. The standard InChI is InChI=1S/C16H14IN5O/c1-11-2-4-12(5-3-11)16-19-21-22(20-16)10-15(23)18-14-8-6-13(17)7-9-14/h2-9H,10H2,1H3,(H,18,23). The maximum Gasteiger partial charge on any atom is 0.248 e. The molecule has 0 fully saturated rings. The van der Waals surface area contributed by atoms with Gasteiger partial charge < -0.3 is 5.32 Å². The second-order valence-electron chi connectivity index (χ2n) is 5.06. The number of anilines is 1. The van der Waals surface area contributed by atoms with Gasteiger partial charge in [-0.25, -0.2) is 0 Å². The molecule has 23 heavy (non-hydrogen) atoms. The number of carbonyl (C=O) groups is 1. The van der Waals surface area contributed by atoms with Crippen LogP contribution in [0.1, 0.15) is 5.56 Å². The third kappa shape index (κ3) is 4.13. The normalized spacial score (nSPS) is 10.5. The van der Waals surface area contributed by atoms with Gasteiger partial charge in [-0.05, 0) is 59.0 Å². The van der Waals surface area contributed by atoms with Gasteiger partial charge in [-0.15, -0.1) is 10.2 Å². The molecule has 1 amide bonds. The van der Waals surface area contributed by atoms with Gasteiger partial charge in [-0.3, -0.25) is 4.79 Å². The molecule has 0 spiro atoms. The molecule has 6 nitrogen and oxygen atoms in total. The molecule has 3 aromatic rings. The smallest absolute Gasteiger partial charge is 0.248 e. The van der Waals surface area contributed by atoms with E-state index in [0.29, 0.717) is 5.82 Å². The topological polar surface area (TPSA) is 72.7 Å². The van der Waals surface area contributed by atoms with Crippen LogP contribution in [-0.2, 0) is 11.3 Å². The zero-order valence-electron chi connectivity index (χ0n) is 12.4. The van der Waals surface area contributed by atoms with E-state index < -0.39 is 0 Å².